The summed E-state index contributed by atoms with van der Waals surface area (Å²) in [6.07, 6.45) is 2.74. The third-order valence-corrected chi connectivity index (χ3v) is 4.29. The van der Waals surface area contributed by atoms with Gasteiger partial charge in [0.2, 0.25) is 11.6 Å². The van der Waals surface area contributed by atoms with Crippen molar-refractivity contribution in [3.63, 3.8) is 0 Å². The van der Waals surface area contributed by atoms with Gasteiger partial charge in [0.1, 0.15) is 0 Å². The first-order chi connectivity index (χ1) is 12.5. The number of hydrogen-bond donors (Lipinski definition) is 2. The van der Waals surface area contributed by atoms with Crippen LogP contribution < -0.4 is 10.6 Å². The molecule has 4 heteroatoms. The number of carbonyl (C=O) groups is 2. The molecule has 1 aliphatic carbocycles. The standard InChI is InChI=1S/C22H22N2O2/c1-15-3-7-17(8-4-15)13-23-19-11-22(26)20(12-21(19)25)24-14-18-9-5-16(2)6-10-18/h3-12,23-24H,13-14H2,1-2H3. The summed E-state index contributed by atoms with van der Waals surface area (Å²) in [5.74, 6) is -0.383. The van der Waals surface area contributed by atoms with Crippen LogP contribution in [0.15, 0.2) is 72.1 Å². The molecule has 2 aromatic carbocycles. The Labute approximate surface area is 153 Å². The van der Waals surface area contributed by atoms with Gasteiger partial charge in [-0.15, -0.1) is 0 Å². The van der Waals surface area contributed by atoms with Gasteiger partial charge in [-0.25, -0.2) is 0 Å². The smallest absolute Gasteiger partial charge is 0.203 e. The molecule has 1 aliphatic rings. The Balaban J connectivity index is 1.58. The van der Waals surface area contributed by atoms with Gasteiger partial charge in [0.05, 0.1) is 11.4 Å². The van der Waals surface area contributed by atoms with Gasteiger partial charge in [0, 0.05) is 25.2 Å². The summed E-state index contributed by atoms with van der Waals surface area (Å²) < 4.78 is 0. The topological polar surface area (TPSA) is 58.2 Å². The van der Waals surface area contributed by atoms with Gasteiger partial charge in [0.25, 0.3) is 0 Å². The van der Waals surface area contributed by atoms with Gasteiger partial charge in [0.15, 0.2) is 0 Å². The first-order valence-corrected chi connectivity index (χ1v) is 8.62. The highest BCUT2D eigenvalue weighted by molar-refractivity contribution is 6.19. The van der Waals surface area contributed by atoms with Gasteiger partial charge < -0.3 is 10.6 Å². The molecular weight excluding hydrogens is 324 g/mol. The Hall–Kier alpha value is -3.14. The van der Waals surface area contributed by atoms with Crippen LogP contribution in [0.25, 0.3) is 0 Å². The Morgan fingerprint density at radius 2 is 0.962 bits per heavy atom. The molecule has 0 heterocycles. The van der Waals surface area contributed by atoms with Crippen LogP contribution in [-0.2, 0) is 22.7 Å². The van der Waals surface area contributed by atoms with Gasteiger partial charge in [-0.05, 0) is 25.0 Å². The lowest BCUT2D eigenvalue weighted by Crippen LogP contribution is -2.29. The molecule has 2 aromatic rings. The summed E-state index contributed by atoms with van der Waals surface area (Å²) in [6, 6.07) is 16.1. The van der Waals surface area contributed by atoms with Crippen LogP contribution in [0, 0.1) is 13.8 Å². The van der Waals surface area contributed by atoms with E-state index in [9.17, 15) is 9.59 Å². The molecule has 26 heavy (non-hydrogen) atoms. The van der Waals surface area contributed by atoms with E-state index in [0.29, 0.717) is 24.5 Å². The first-order valence-electron chi connectivity index (χ1n) is 8.62. The lowest BCUT2D eigenvalue weighted by Gasteiger charge is -2.15. The molecule has 2 N–H and O–H groups in total. The molecule has 0 spiro atoms. The minimum atomic E-state index is -0.192. The van der Waals surface area contributed by atoms with Crippen molar-refractivity contribution in [3.8, 4) is 0 Å². The van der Waals surface area contributed by atoms with E-state index in [1.807, 2.05) is 62.4 Å². The van der Waals surface area contributed by atoms with E-state index in [0.717, 1.165) is 11.1 Å². The average Bonchev–Trinajstić information content (AvgIpc) is 2.63. The van der Waals surface area contributed by atoms with E-state index >= 15 is 0 Å². The van der Waals surface area contributed by atoms with Crippen LogP contribution in [0.5, 0.6) is 0 Å². The fourth-order valence-electron chi connectivity index (χ4n) is 2.64. The molecule has 0 saturated carbocycles. The first kappa shape index (κ1) is 17.7. The number of ketones is 2. The summed E-state index contributed by atoms with van der Waals surface area (Å²) >= 11 is 0. The van der Waals surface area contributed by atoms with Crippen molar-refractivity contribution < 1.29 is 9.59 Å². The zero-order valence-electron chi connectivity index (χ0n) is 15.0. The Morgan fingerprint density at radius 3 is 1.31 bits per heavy atom. The van der Waals surface area contributed by atoms with Gasteiger partial charge in [-0.3, -0.25) is 9.59 Å². The quantitative estimate of drug-likeness (QED) is 0.789. The minimum absolute atomic E-state index is 0.192. The fourth-order valence-corrected chi connectivity index (χ4v) is 2.64. The Bertz CT molecular complexity index is 800. The van der Waals surface area contributed by atoms with E-state index in [1.165, 1.54) is 23.3 Å². The zero-order chi connectivity index (χ0) is 18.5. The highest BCUT2D eigenvalue weighted by Crippen LogP contribution is 2.11. The van der Waals surface area contributed by atoms with Crippen molar-refractivity contribution in [2.75, 3.05) is 0 Å². The Kier molecular flexibility index (Phi) is 5.32. The largest absolute Gasteiger partial charge is 0.378 e. The van der Waals surface area contributed by atoms with Crippen molar-refractivity contribution >= 4 is 11.6 Å². The SMILES string of the molecule is Cc1ccc(CNC2=CC(=O)C(NCc3ccc(C)cc3)=CC2=O)cc1. The Morgan fingerprint density at radius 1 is 0.615 bits per heavy atom. The highest BCUT2D eigenvalue weighted by Gasteiger charge is 2.19. The molecular formula is C22H22N2O2. The van der Waals surface area contributed by atoms with Crippen LogP contribution >= 0.6 is 0 Å². The van der Waals surface area contributed by atoms with Crippen LogP contribution in [0.1, 0.15) is 22.3 Å². The van der Waals surface area contributed by atoms with Crippen molar-refractivity contribution in [1.29, 1.82) is 0 Å². The number of rotatable bonds is 6. The number of aryl methyl sites for hydroxylation is 2. The summed E-state index contributed by atoms with van der Waals surface area (Å²) in [7, 11) is 0. The predicted molar refractivity (Wildman–Crippen MR) is 102 cm³/mol. The molecule has 0 saturated heterocycles. The maximum atomic E-state index is 12.3. The number of hydrogen-bond acceptors (Lipinski definition) is 4. The predicted octanol–water partition coefficient (Wildman–Crippen LogP) is 3.10. The molecule has 3 rings (SSSR count). The number of allylic oxidation sites excluding steroid dienone is 2. The van der Waals surface area contributed by atoms with Crippen LogP contribution in [0.3, 0.4) is 0 Å². The van der Waals surface area contributed by atoms with E-state index in [1.54, 1.807) is 0 Å². The molecule has 0 amide bonds. The maximum absolute atomic E-state index is 12.3. The van der Waals surface area contributed by atoms with Crippen molar-refractivity contribution in [2.24, 2.45) is 0 Å². The lowest BCUT2D eigenvalue weighted by atomic mass is 10.1. The molecule has 0 fully saturated rings. The highest BCUT2D eigenvalue weighted by atomic mass is 16.1. The van der Waals surface area contributed by atoms with Gasteiger partial charge in [-0.1, -0.05) is 59.7 Å². The van der Waals surface area contributed by atoms with E-state index in [2.05, 4.69) is 10.6 Å². The second-order valence-electron chi connectivity index (χ2n) is 6.52. The van der Waals surface area contributed by atoms with E-state index in [-0.39, 0.29) is 11.6 Å². The van der Waals surface area contributed by atoms with Crippen LogP contribution in [0.2, 0.25) is 0 Å². The third kappa shape index (κ3) is 4.48. The number of nitrogens with one attached hydrogen (secondary N) is 2. The maximum Gasteiger partial charge on any atom is 0.203 e. The van der Waals surface area contributed by atoms with Crippen molar-refractivity contribution in [1.82, 2.24) is 10.6 Å². The molecule has 0 radical (unpaired) electrons. The molecule has 0 aliphatic heterocycles. The average molecular weight is 346 g/mol. The lowest BCUT2D eigenvalue weighted by molar-refractivity contribution is -0.115. The summed E-state index contributed by atoms with van der Waals surface area (Å²) in [6.45, 7) is 5.06. The van der Waals surface area contributed by atoms with E-state index in [4.69, 9.17) is 0 Å². The fraction of sp³-hybridized carbons (Fsp3) is 0.182. The summed E-state index contributed by atoms with van der Waals surface area (Å²) in [5, 5.41) is 6.11. The molecule has 4 nitrogen and oxygen atoms in total. The van der Waals surface area contributed by atoms with Gasteiger partial charge in [-0.2, -0.15) is 0 Å². The third-order valence-electron chi connectivity index (χ3n) is 4.29. The zero-order valence-corrected chi connectivity index (χ0v) is 15.0. The number of benzene rings is 2. The van der Waals surface area contributed by atoms with Crippen molar-refractivity contribution in [2.45, 2.75) is 26.9 Å². The molecule has 0 unspecified atom stereocenters. The molecule has 0 bridgehead atoms. The van der Waals surface area contributed by atoms with Crippen molar-refractivity contribution in [3.05, 3.63) is 94.3 Å². The normalized spacial score (nSPS) is 13.9. The van der Waals surface area contributed by atoms with E-state index < -0.39 is 0 Å². The summed E-state index contributed by atoms with van der Waals surface area (Å²) in [5.41, 5.74) is 5.15. The number of carbonyl (C=O) groups excluding carboxylic acids is 2. The molecule has 132 valence electrons. The van der Waals surface area contributed by atoms with Crippen LogP contribution in [0.4, 0.5) is 0 Å². The molecule has 0 atom stereocenters. The summed E-state index contributed by atoms with van der Waals surface area (Å²) in [4.78, 5) is 24.6. The molecule has 0 aromatic heterocycles. The minimum Gasteiger partial charge on any atom is -0.378 e. The van der Waals surface area contributed by atoms with Gasteiger partial charge >= 0.3 is 0 Å². The van der Waals surface area contributed by atoms with Crippen LogP contribution in [-0.4, -0.2) is 11.6 Å². The monoisotopic (exact) mass is 346 g/mol. The second-order valence-corrected chi connectivity index (χ2v) is 6.52. The second kappa shape index (κ2) is 7.83.